The average Bonchev–Trinajstić information content (AvgIpc) is 2.70. The van der Waals surface area contributed by atoms with Crippen LogP contribution >= 0.6 is 0 Å². The van der Waals surface area contributed by atoms with E-state index in [4.69, 9.17) is 4.52 Å². The first-order valence-electron chi connectivity index (χ1n) is 6.99. The third-order valence-electron chi connectivity index (χ3n) is 4.18. The normalized spacial score (nSPS) is 23.2. The number of hydrogen-bond acceptors (Lipinski definition) is 4. The van der Waals surface area contributed by atoms with Gasteiger partial charge in [-0.25, -0.2) is 0 Å². The molecule has 0 bridgehead atoms. The van der Waals surface area contributed by atoms with Crippen LogP contribution in [-0.2, 0) is 6.54 Å². The molecule has 0 amide bonds. The van der Waals surface area contributed by atoms with Crippen LogP contribution in [0.2, 0.25) is 0 Å². The molecule has 1 aromatic heterocycles. The molecule has 4 nitrogen and oxygen atoms in total. The molecule has 2 atom stereocenters. The van der Waals surface area contributed by atoms with Crippen molar-refractivity contribution < 1.29 is 4.52 Å². The Morgan fingerprint density at radius 1 is 1.50 bits per heavy atom. The van der Waals surface area contributed by atoms with Crippen LogP contribution in [0.25, 0.3) is 0 Å². The Kier molecular flexibility index (Phi) is 4.40. The van der Waals surface area contributed by atoms with Gasteiger partial charge in [0.25, 0.3) is 0 Å². The Bertz CT molecular complexity index is 369. The van der Waals surface area contributed by atoms with E-state index in [1.54, 1.807) is 0 Å². The lowest BCUT2D eigenvalue weighted by Gasteiger charge is -2.36. The first kappa shape index (κ1) is 13.6. The molecule has 2 heterocycles. The van der Waals surface area contributed by atoms with E-state index < -0.39 is 0 Å². The number of hydrogen-bond donors (Lipinski definition) is 1. The predicted octanol–water partition coefficient (Wildman–Crippen LogP) is 2.11. The van der Waals surface area contributed by atoms with Gasteiger partial charge in [0.1, 0.15) is 5.76 Å². The third kappa shape index (κ3) is 2.93. The van der Waals surface area contributed by atoms with Gasteiger partial charge in [0.05, 0.1) is 5.69 Å². The molecular weight excluding hydrogens is 226 g/mol. The average molecular weight is 251 g/mol. The molecule has 18 heavy (non-hydrogen) atoms. The van der Waals surface area contributed by atoms with E-state index in [0.717, 1.165) is 43.6 Å². The summed E-state index contributed by atoms with van der Waals surface area (Å²) < 4.78 is 5.24. The Morgan fingerprint density at radius 3 is 2.89 bits per heavy atom. The van der Waals surface area contributed by atoms with E-state index in [9.17, 15) is 0 Å². The fourth-order valence-corrected chi connectivity index (χ4v) is 2.60. The van der Waals surface area contributed by atoms with Gasteiger partial charge >= 0.3 is 0 Å². The van der Waals surface area contributed by atoms with Gasteiger partial charge in [0.15, 0.2) is 0 Å². The first-order valence-corrected chi connectivity index (χ1v) is 6.99. The fraction of sp³-hybridized carbons (Fsp3) is 0.786. The van der Waals surface area contributed by atoms with Gasteiger partial charge in [-0.05, 0) is 19.8 Å². The van der Waals surface area contributed by atoms with Gasteiger partial charge < -0.3 is 9.84 Å². The highest BCUT2D eigenvalue weighted by molar-refractivity contribution is 5.20. The maximum Gasteiger partial charge on any atom is 0.138 e. The maximum atomic E-state index is 5.24. The SMILES string of the molecule is CCC(C)C1CN(Cc2c(C)noc2C)CCN1. The molecule has 1 fully saturated rings. The molecule has 0 aromatic carbocycles. The molecule has 1 aliphatic rings. The Morgan fingerprint density at radius 2 is 2.28 bits per heavy atom. The molecule has 1 aromatic rings. The number of piperazine rings is 1. The zero-order chi connectivity index (χ0) is 13.1. The molecule has 1 saturated heterocycles. The van der Waals surface area contributed by atoms with Crippen LogP contribution in [0.1, 0.15) is 37.3 Å². The zero-order valence-corrected chi connectivity index (χ0v) is 12.0. The van der Waals surface area contributed by atoms with Crippen LogP contribution in [0.15, 0.2) is 4.52 Å². The van der Waals surface area contributed by atoms with E-state index >= 15 is 0 Å². The van der Waals surface area contributed by atoms with Gasteiger partial charge in [-0.3, -0.25) is 4.90 Å². The molecular formula is C14H25N3O. The Balaban J connectivity index is 1.98. The summed E-state index contributed by atoms with van der Waals surface area (Å²) in [6, 6.07) is 0.615. The fourth-order valence-electron chi connectivity index (χ4n) is 2.60. The minimum Gasteiger partial charge on any atom is -0.361 e. The second-order valence-electron chi connectivity index (χ2n) is 5.48. The minimum atomic E-state index is 0.615. The van der Waals surface area contributed by atoms with E-state index in [2.05, 4.69) is 29.2 Å². The summed E-state index contributed by atoms with van der Waals surface area (Å²) in [6.45, 7) is 12.9. The molecule has 0 aliphatic carbocycles. The summed E-state index contributed by atoms with van der Waals surface area (Å²) in [5, 5.41) is 7.66. The molecule has 0 radical (unpaired) electrons. The van der Waals surface area contributed by atoms with Crippen LogP contribution in [0, 0.1) is 19.8 Å². The van der Waals surface area contributed by atoms with E-state index in [-0.39, 0.29) is 0 Å². The largest absolute Gasteiger partial charge is 0.361 e. The van der Waals surface area contributed by atoms with Crippen LogP contribution in [0.4, 0.5) is 0 Å². The van der Waals surface area contributed by atoms with Crippen molar-refractivity contribution in [1.82, 2.24) is 15.4 Å². The smallest absolute Gasteiger partial charge is 0.138 e. The summed E-state index contributed by atoms with van der Waals surface area (Å²) in [4.78, 5) is 2.51. The predicted molar refractivity (Wildman–Crippen MR) is 72.5 cm³/mol. The van der Waals surface area contributed by atoms with E-state index in [0.29, 0.717) is 6.04 Å². The van der Waals surface area contributed by atoms with Crippen molar-refractivity contribution in [3.05, 3.63) is 17.0 Å². The van der Waals surface area contributed by atoms with Crippen molar-refractivity contribution in [3.8, 4) is 0 Å². The monoisotopic (exact) mass is 251 g/mol. The molecule has 0 spiro atoms. The molecule has 4 heteroatoms. The quantitative estimate of drug-likeness (QED) is 0.890. The number of nitrogens with zero attached hydrogens (tertiary/aromatic N) is 2. The van der Waals surface area contributed by atoms with Gasteiger partial charge in [0.2, 0.25) is 0 Å². The summed E-state index contributed by atoms with van der Waals surface area (Å²) in [5.74, 6) is 1.70. The van der Waals surface area contributed by atoms with Crippen molar-refractivity contribution >= 4 is 0 Å². The molecule has 1 N–H and O–H groups in total. The van der Waals surface area contributed by atoms with Gasteiger partial charge in [-0.1, -0.05) is 25.4 Å². The van der Waals surface area contributed by atoms with E-state index in [1.807, 2.05) is 13.8 Å². The number of nitrogens with one attached hydrogen (secondary N) is 1. The minimum absolute atomic E-state index is 0.615. The lowest BCUT2D eigenvalue weighted by Crippen LogP contribution is -2.52. The van der Waals surface area contributed by atoms with Gasteiger partial charge in [0, 0.05) is 37.8 Å². The lowest BCUT2D eigenvalue weighted by atomic mass is 9.97. The van der Waals surface area contributed by atoms with Crippen LogP contribution < -0.4 is 5.32 Å². The highest BCUT2D eigenvalue weighted by atomic mass is 16.5. The Labute approximate surface area is 110 Å². The first-order chi connectivity index (χ1) is 8.61. The number of aryl methyl sites for hydroxylation is 2. The van der Waals surface area contributed by atoms with E-state index in [1.165, 1.54) is 12.0 Å². The number of rotatable bonds is 4. The van der Waals surface area contributed by atoms with Crippen molar-refractivity contribution in [3.63, 3.8) is 0 Å². The van der Waals surface area contributed by atoms with Crippen LogP contribution in [0.5, 0.6) is 0 Å². The van der Waals surface area contributed by atoms with Crippen LogP contribution in [0.3, 0.4) is 0 Å². The highest BCUT2D eigenvalue weighted by Gasteiger charge is 2.24. The van der Waals surface area contributed by atoms with Crippen molar-refractivity contribution in [1.29, 1.82) is 0 Å². The summed E-state index contributed by atoms with van der Waals surface area (Å²) in [5.41, 5.74) is 2.30. The maximum absolute atomic E-state index is 5.24. The molecule has 2 rings (SSSR count). The van der Waals surface area contributed by atoms with Crippen molar-refractivity contribution in [2.24, 2.45) is 5.92 Å². The third-order valence-corrected chi connectivity index (χ3v) is 4.18. The second-order valence-corrected chi connectivity index (χ2v) is 5.48. The molecule has 102 valence electrons. The highest BCUT2D eigenvalue weighted by Crippen LogP contribution is 2.18. The molecule has 2 unspecified atom stereocenters. The standard InChI is InChI=1S/C14H25N3O/c1-5-10(2)14-9-17(7-6-15-14)8-13-11(3)16-18-12(13)4/h10,14-15H,5-9H2,1-4H3. The topological polar surface area (TPSA) is 41.3 Å². The molecule has 0 saturated carbocycles. The Hall–Kier alpha value is -0.870. The molecule has 1 aliphatic heterocycles. The summed E-state index contributed by atoms with van der Waals surface area (Å²) in [7, 11) is 0. The van der Waals surface area contributed by atoms with Crippen molar-refractivity contribution in [2.75, 3.05) is 19.6 Å². The summed E-state index contributed by atoms with van der Waals surface area (Å²) >= 11 is 0. The number of aromatic nitrogens is 1. The second kappa shape index (κ2) is 5.85. The zero-order valence-electron chi connectivity index (χ0n) is 12.0. The van der Waals surface area contributed by atoms with Gasteiger partial charge in [-0.15, -0.1) is 0 Å². The van der Waals surface area contributed by atoms with Crippen molar-refractivity contribution in [2.45, 2.75) is 46.7 Å². The lowest BCUT2D eigenvalue weighted by molar-refractivity contribution is 0.161. The summed E-state index contributed by atoms with van der Waals surface area (Å²) in [6.07, 6.45) is 1.23. The van der Waals surface area contributed by atoms with Crippen LogP contribution in [-0.4, -0.2) is 35.7 Å². The van der Waals surface area contributed by atoms with Gasteiger partial charge in [-0.2, -0.15) is 0 Å².